The van der Waals surface area contributed by atoms with E-state index in [0.717, 1.165) is 29.9 Å². The van der Waals surface area contributed by atoms with Crippen molar-refractivity contribution in [1.29, 1.82) is 0 Å². The molecule has 1 fully saturated rings. The van der Waals surface area contributed by atoms with E-state index in [1.54, 1.807) is 12.1 Å². The number of carbonyl (C=O) groups is 2. The van der Waals surface area contributed by atoms with Gasteiger partial charge in [0, 0.05) is 23.6 Å². The van der Waals surface area contributed by atoms with E-state index in [4.69, 9.17) is 4.74 Å². The van der Waals surface area contributed by atoms with Gasteiger partial charge in [-0.3, -0.25) is 9.59 Å². The van der Waals surface area contributed by atoms with Crippen LogP contribution in [0.4, 0.5) is 0 Å². The van der Waals surface area contributed by atoms with Gasteiger partial charge in [-0.05, 0) is 48.9 Å². The summed E-state index contributed by atoms with van der Waals surface area (Å²) in [6.45, 7) is 3.05. The summed E-state index contributed by atoms with van der Waals surface area (Å²) in [5, 5.41) is 7.56. The number of hydrogen-bond donors (Lipinski definition) is 2. The monoisotopic (exact) mass is 370 g/mol. The largest absolute Gasteiger partial charge is 0.376 e. The van der Waals surface area contributed by atoms with Gasteiger partial charge in [0.05, 0.1) is 6.10 Å². The molecule has 1 unspecified atom stereocenters. The van der Waals surface area contributed by atoms with Crippen LogP contribution in [0.2, 0.25) is 0 Å². The highest BCUT2D eigenvalue weighted by atomic mass is 32.1. The zero-order chi connectivity index (χ0) is 18.4. The topological polar surface area (TPSA) is 67.4 Å². The number of ether oxygens (including phenoxy) is 1. The Morgan fingerprint density at radius 1 is 1.27 bits per heavy atom. The quantitative estimate of drug-likeness (QED) is 0.768. The second-order valence-corrected chi connectivity index (χ2v) is 7.17. The number of aryl methyl sites for hydroxylation is 1. The number of thiophene rings is 1. The molecule has 3 rings (SSSR count). The summed E-state index contributed by atoms with van der Waals surface area (Å²) >= 11 is 1.51. The second-order valence-electron chi connectivity index (χ2n) is 6.19. The van der Waals surface area contributed by atoms with Crippen LogP contribution in [-0.2, 0) is 9.53 Å². The van der Waals surface area contributed by atoms with Crippen LogP contribution in [-0.4, -0.2) is 31.1 Å². The molecule has 1 aromatic heterocycles. The van der Waals surface area contributed by atoms with Crippen LogP contribution in [0.1, 0.15) is 33.6 Å². The van der Waals surface area contributed by atoms with Crippen molar-refractivity contribution < 1.29 is 14.3 Å². The summed E-state index contributed by atoms with van der Waals surface area (Å²) in [7, 11) is 0. The van der Waals surface area contributed by atoms with Gasteiger partial charge in [0.15, 0.2) is 0 Å². The standard InChI is InChI=1S/C20H22N2O3S/c1-14-6-2-3-9-17(14)19(23)22-18(12-16-8-5-11-26-16)20(24)21-13-15-7-4-10-25-15/h2-3,5-6,8-9,11-12,15H,4,7,10,13H2,1H3,(H,21,24)(H,22,23)/b18-12-. The van der Waals surface area contributed by atoms with E-state index in [2.05, 4.69) is 10.6 Å². The lowest BCUT2D eigenvalue weighted by Gasteiger charge is -2.14. The van der Waals surface area contributed by atoms with Crippen molar-refractivity contribution in [2.75, 3.05) is 13.2 Å². The van der Waals surface area contributed by atoms with Crippen LogP contribution in [0.15, 0.2) is 47.5 Å². The summed E-state index contributed by atoms with van der Waals surface area (Å²) in [4.78, 5) is 26.1. The van der Waals surface area contributed by atoms with Crippen molar-refractivity contribution in [3.05, 3.63) is 63.5 Å². The van der Waals surface area contributed by atoms with Gasteiger partial charge in [-0.25, -0.2) is 0 Å². The van der Waals surface area contributed by atoms with E-state index >= 15 is 0 Å². The predicted molar refractivity (Wildman–Crippen MR) is 103 cm³/mol. The number of nitrogens with one attached hydrogen (secondary N) is 2. The average Bonchev–Trinajstić information content (AvgIpc) is 3.33. The first-order chi connectivity index (χ1) is 12.6. The Morgan fingerprint density at radius 2 is 2.12 bits per heavy atom. The molecule has 136 valence electrons. The lowest BCUT2D eigenvalue weighted by Crippen LogP contribution is -2.38. The molecule has 6 heteroatoms. The van der Waals surface area contributed by atoms with Gasteiger partial charge >= 0.3 is 0 Å². The molecule has 1 aromatic carbocycles. The molecule has 5 nitrogen and oxygen atoms in total. The lowest BCUT2D eigenvalue weighted by molar-refractivity contribution is -0.118. The summed E-state index contributed by atoms with van der Waals surface area (Å²) < 4.78 is 5.54. The highest BCUT2D eigenvalue weighted by Gasteiger charge is 2.19. The van der Waals surface area contributed by atoms with Crippen molar-refractivity contribution in [1.82, 2.24) is 10.6 Å². The Balaban J connectivity index is 1.74. The summed E-state index contributed by atoms with van der Waals surface area (Å²) in [5.74, 6) is -0.603. The SMILES string of the molecule is Cc1ccccc1C(=O)N/C(=C\c1cccs1)C(=O)NCC1CCCO1. The lowest BCUT2D eigenvalue weighted by atomic mass is 10.1. The zero-order valence-corrected chi connectivity index (χ0v) is 15.5. The van der Waals surface area contributed by atoms with E-state index < -0.39 is 0 Å². The van der Waals surface area contributed by atoms with Crippen molar-refractivity contribution >= 4 is 29.2 Å². The highest BCUT2D eigenvalue weighted by Crippen LogP contribution is 2.15. The molecule has 2 amide bonds. The Bertz CT molecular complexity index is 793. The number of hydrogen-bond acceptors (Lipinski definition) is 4. The van der Waals surface area contributed by atoms with E-state index in [-0.39, 0.29) is 23.6 Å². The van der Waals surface area contributed by atoms with E-state index in [1.807, 2.05) is 42.6 Å². The molecule has 0 saturated carbocycles. The maximum atomic E-state index is 12.6. The third-order valence-electron chi connectivity index (χ3n) is 4.23. The fourth-order valence-corrected chi connectivity index (χ4v) is 3.46. The van der Waals surface area contributed by atoms with Gasteiger partial charge in [0.1, 0.15) is 5.70 Å². The van der Waals surface area contributed by atoms with Crippen molar-refractivity contribution in [2.24, 2.45) is 0 Å². The molecule has 0 spiro atoms. The third-order valence-corrected chi connectivity index (χ3v) is 5.05. The first-order valence-electron chi connectivity index (χ1n) is 8.65. The van der Waals surface area contributed by atoms with Crippen LogP contribution in [0.5, 0.6) is 0 Å². The van der Waals surface area contributed by atoms with E-state index in [1.165, 1.54) is 11.3 Å². The predicted octanol–water partition coefficient (Wildman–Crippen LogP) is 3.12. The van der Waals surface area contributed by atoms with E-state index in [0.29, 0.717) is 12.1 Å². The first kappa shape index (κ1) is 18.4. The molecular formula is C20H22N2O3S. The molecule has 0 radical (unpaired) electrons. The fraction of sp³-hybridized carbons (Fsp3) is 0.300. The molecular weight excluding hydrogens is 348 g/mol. The average molecular weight is 370 g/mol. The maximum absolute atomic E-state index is 12.6. The summed E-state index contributed by atoms with van der Waals surface area (Å²) in [6.07, 6.45) is 3.71. The molecule has 0 aliphatic carbocycles. The normalized spacial score (nSPS) is 17.1. The van der Waals surface area contributed by atoms with Crippen LogP contribution in [0.25, 0.3) is 6.08 Å². The smallest absolute Gasteiger partial charge is 0.267 e. The third kappa shape index (κ3) is 4.80. The molecule has 1 aliphatic heterocycles. The number of amides is 2. The fourth-order valence-electron chi connectivity index (χ4n) is 2.80. The molecule has 2 heterocycles. The van der Waals surface area contributed by atoms with Crippen LogP contribution < -0.4 is 10.6 Å². The maximum Gasteiger partial charge on any atom is 0.267 e. The van der Waals surface area contributed by atoms with Crippen LogP contribution >= 0.6 is 11.3 Å². The first-order valence-corrected chi connectivity index (χ1v) is 9.53. The zero-order valence-electron chi connectivity index (χ0n) is 14.7. The summed E-state index contributed by atoms with van der Waals surface area (Å²) in [5.41, 5.74) is 1.65. The molecule has 1 aliphatic rings. The molecule has 0 bridgehead atoms. The van der Waals surface area contributed by atoms with Gasteiger partial charge in [0.25, 0.3) is 11.8 Å². The minimum atomic E-state index is -0.309. The van der Waals surface area contributed by atoms with Gasteiger partial charge in [0.2, 0.25) is 0 Å². The van der Waals surface area contributed by atoms with E-state index in [9.17, 15) is 9.59 Å². The van der Waals surface area contributed by atoms with Gasteiger partial charge in [-0.15, -0.1) is 11.3 Å². The van der Waals surface area contributed by atoms with Crippen LogP contribution in [0.3, 0.4) is 0 Å². The highest BCUT2D eigenvalue weighted by molar-refractivity contribution is 7.10. The Morgan fingerprint density at radius 3 is 2.81 bits per heavy atom. The number of benzene rings is 1. The Kier molecular flexibility index (Phi) is 6.20. The minimum absolute atomic E-state index is 0.0500. The molecule has 1 saturated heterocycles. The molecule has 26 heavy (non-hydrogen) atoms. The minimum Gasteiger partial charge on any atom is -0.376 e. The van der Waals surface area contributed by atoms with Crippen LogP contribution in [0, 0.1) is 6.92 Å². The molecule has 2 N–H and O–H groups in total. The summed E-state index contributed by atoms with van der Waals surface area (Å²) in [6, 6.07) is 11.1. The van der Waals surface area contributed by atoms with Crippen molar-refractivity contribution in [3.63, 3.8) is 0 Å². The molecule has 2 aromatic rings. The van der Waals surface area contributed by atoms with Crippen molar-refractivity contribution in [3.8, 4) is 0 Å². The Hall–Kier alpha value is -2.44. The van der Waals surface area contributed by atoms with Gasteiger partial charge in [-0.1, -0.05) is 24.3 Å². The number of rotatable bonds is 6. The molecule has 1 atom stereocenters. The number of carbonyl (C=O) groups excluding carboxylic acids is 2. The van der Waals surface area contributed by atoms with Gasteiger partial charge < -0.3 is 15.4 Å². The van der Waals surface area contributed by atoms with Gasteiger partial charge in [-0.2, -0.15) is 0 Å². The second kappa shape index (κ2) is 8.78. The Labute approximate surface area is 157 Å². The van der Waals surface area contributed by atoms with Crippen molar-refractivity contribution in [2.45, 2.75) is 25.9 Å².